The quantitative estimate of drug-likeness (QED) is 0.781. The predicted octanol–water partition coefficient (Wildman–Crippen LogP) is 1.36. The van der Waals surface area contributed by atoms with Crippen molar-refractivity contribution in [1.82, 2.24) is 19.7 Å². The number of anilines is 1. The number of nitrogen functional groups attached to an aromatic ring is 1. The average Bonchev–Trinajstić information content (AvgIpc) is 2.91. The zero-order valence-electron chi connectivity index (χ0n) is 12.1. The summed E-state index contributed by atoms with van der Waals surface area (Å²) in [5.41, 5.74) is 8.51. The third kappa shape index (κ3) is 2.73. The van der Waals surface area contributed by atoms with Crippen LogP contribution in [0.4, 0.5) is 5.95 Å². The number of imidazole rings is 1. The van der Waals surface area contributed by atoms with Crippen molar-refractivity contribution < 1.29 is 9.63 Å². The van der Waals surface area contributed by atoms with Crippen LogP contribution in [0.5, 0.6) is 0 Å². The number of fused-ring (bicyclic) bond motifs is 1. The minimum atomic E-state index is -0.374. The highest BCUT2D eigenvalue weighted by molar-refractivity contribution is 5.76. The molecule has 2 heterocycles. The molecule has 0 fully saturated rings. The Balaban J connectivity index is 2.02. The molecule has 7 heteroatoms. The van der Waals surface area contributed by atoms with Crippen molar-refractivity contribution in [3.8, 4) is 0 Å². The Hall–Kier alpha value is -2.96. The van der Waals surface area contributed by atoms with E-state index in [4.69, 9.17) is 10.6 Å². The van der Waals surface area contributed by atoms with E-state index >= 15 is 0 Å². The molecular formula is C15H15N5O2. The van der Waals surface area contributed by atoms with Gasteiger partial charge >= 0.3 is 5.97 Å². The van der Waals surface area contributed by atoms with Gasteiger partial charge in [-0.3, -0.25) is 0 Å². The van der Waals surface area contributed by atoms with E-state index in [1.54, 1.807) is 6.92 Å². The van der Waals surface area contributed by atoms with E-state index in [0.717, 1.165) is 5.56 Å². The molecular weight excluding hydrogens is 282 g/mol. The summed E-state index contributed by atoms with van der Waals surface area (Å²) < 4.78 is 1.23. The van der Waals surface area contributed by atoms with Crippen LogP contribution in [0.1, 0.15) is 24.6 Å². The summed E-state index contributed by atoms with van der Waals surface area (Å²) in [6.45, 7) is 1.71. The highest BCUT2D eigenvalue weighted by Gasteiger charge is 2.15. The van der Waals surface area contributed by atoms with E-state index in [2.05, 4.69) is 15.0 Å². The molecule has 112 valence electrons. The minimum absolute atomic E-state index is 0.118. The third-order valence-electron chi connectivity index (χ3n) is 3.16. The van der Waals surface area contributed by atoms with E-state index in [1.165, 1.54) is 11.1 Å². The first kappa shape index (κ1) is 14.0. The Bertz CT molecular complexity index is 813. The maximum Gasteiger partial charge on any atom is 0.332 e. The second-order valence-corrected chi connectivity index (χ2v) is 4.75. The Kier molecular flexibility index (Phi) is 3.69. The molecule has 3 aromatic rings. The molecule has 0 radical (unpaired) electrons. The summed E-state index contributed by atoms with van der Waals surface area (Å²) in [6, 6.07) is 9.86. The number of rotatable bonds is 4. The van der Waals surface area contributed by atoms with Gasteiger partial charge in [0.1, 0.15) is 11.8 Å². The van der Waals surface area contributed by atoms with E-state index < -0.39 is 0 Å². The van der Waals surface area contributed by atoms with E-state index in [9.17, 15) is 4.79 Å². The Morgan fingerprint density at radius 3 is 2.77 bits per heavy atom. The number of carbonyl (C=O) groups is 1. The number of hydrogen-bond donors (Lipinski definition) is 1. The van der Waals surface area contributed by atoms with Crippen LogP contribution in [0, 0.1) is 0 Å². The molecule has 0 saturated carbocycles. The standard InChI is InChI=1S/C15H15N5O2/c1-2-12(21)22-20-9-17-13-11(18-15(16)19-14(13)20)8-10-6-4-3-5-7-10/h3-7,9H,2,8H2,1H3,(H2,16,18,19). The zero-order valence-corrected chi connectivity index (χ0v) is 12.1. The maximum atomic E-state index is 11.4. The van der Waals surface area contributed by atoms with Gasteiger partial charge in [0.25, 0.3) is 0 Å². The van der Waals surface area contributed by atoms with Crippen molar-refractivity contribution in [2.24, 2.45) is 0 Å². The van der Waals surface area contributed by atoms with Crippen LogP contribution in [0.3, 0.4) is 0 Å². The van der Waals surface area contributed by atoms with Gasteiger partial charge in [0, 0.05) is 12.8 Å². The summed E-state index contributed by atoms with van der Waals surface area (Å²) in [6.07, 6.45) is 2.24. The topological polar surface area (TPSA) is 95.9 Å². The predicted molar refractivity (Wildman–Crippen MR) is 80.9 cm³/mol. The molecule has 0 spiro atoms. The van der Waals surface area contributed by atoms with Crippen molar-refractivity contribution >= 4 is 23.1 Å². The van der Waals surface area contributed by atoms with Crippen LogP contribution in [0.25, 0.3) is 11.2 Å². The third-order valence-corrected chi connectivity index (χ3v) is 3.16. The van der Waals surface area contributed by atoms with E-state index in [1.807, 2.05) is 30.3 Å². The smallest absolute Gasteiger partial charge is 0.332 e. The van der Waals surface area contributed by atoms with Gasteiger partial charge in [0.05, 0.1) is 5.69 Å². The number of nitrogens with zero attached hydrogens (tertiary/aromatic N) is 4. The van der Waals surface area contributed by atoms with Crippen molar-refractivity contribution in [1.29, 1.82) is 0 Å². The SMILES string of the molecule is CCC(=O)On1cnc2c(Cc3ccccc3)nc(N)nc21. The number of hydrogen-bond acceptors (Lipinski definition) is 6. The molecule has 0 aliphatic rings. The first-order chi connectivity index (χ1) is 10.7. The maximum absolute atomic E-state index is 11.4. The number of benzene rings is 1. The summed E-state index contributed by atoms with van der Waals surface area (Å²) >= 11 is 0. The lowest BCUT2D eigenvalue weighted by molar-refractivity contribution is -0.143. The lowest BCUT2D eigenvalue weighted by atomic mass is 10.1. The molecule has 0 atom stereocenters. The van der Waals surface area contributed by atoms with Gasteiger partial charge in [0.15, 0.2) is 0 Å². The summed E-state index contributed by atoms with van der Waals surface area (Å²) in [5, 5.41) is 0. The van der Waals surface area contributed by atoms with E-state index in [-0.39, 0.29) is 18.3 Å². The first-order valence-corrected chi connectivity index (χ1v) is 6.92. The van der Waals surface area contributed by atoms with Gasteiger partial charge < -0.3 is 10.6 Å². The van der Waals surface area contributed by atoms with Gasteiger partial charge in [-0.15, -0.1) is 4.73 Å². The number of nitrogens with two attached hydrogens (primary N) is 1. The molecule has 1 aromatic carbocycles. The molecule has 2 N–H and O–H groups in total. The molecule has 0 amide bonds. The number of aromatic nitrogens is 4. The lowest BCUT2D eigenvalue weighted by Gasteiger charge is -2.05. The molecule has 7 nitrogen and oxygen atoms in total. The molecule has 3 rings (SSSR count). The fourth-order valence-electron chi connectivity index (χ4n) is 2.11. The highest BCUT2D eigenvalue weighted by Crippen LogP contribution is 2.18. The molecule has 0 bridgehead atoms. The van der Waals surface area contributed by atoms with Crippen molar-refractivity contribution in [3.05, 3.63) is 47.9 Å². The van der Waals surface area contributed by atoms with Crippen LogP contribution < -0.4 is 10.6 Å². The van der Waals surface area contributed by atoms with Crippen LogP contribution in [0.15, 0.2) is 36.7 Å². The molecule has 0 aliphatic heterocycles. The first-order valence-electron chi connectivity index (χ1n) is 6.92. The van der Waals surface area contributed by atoms with Crippen LogP contribution in [0.2, 0.25) is 0 Å². The second-order valence-electron chi connectivity index (χ2n) is 4.75. The van der Waals surface area contributed by atoms with Gasteiger partial charge in [0.2, 0.25) is 11.6 Å². The fraction of sp³-hybridized carbons (Fsp3) is 0.200. The normalized spacial score (nSPS) is 10.8. The van der Waals surface area contributed by atoms with Gasteiger partial charge in [-0.25, -0.2) is 14.8 Å². The summed E-state index contributed by atoms with van der Waals surface area (Å²) in [5.74, 6) is -0.256. The minimum Gasteiger partial charge on any atom is -0.368 e. The van der Waals surface area contributed by atoms with Crippen LogP contribution in [-0.2, 0) is 11.2 Å². The molecule has 0 aliphatic carbocycles. The summed E-state index contributed by atoms with van der Waals surface area (Å²) in [4.78, 5) is 29.2. The summed E-state index contributed by atoms with van der Waals surface area (Å²) in [7, 11) is 0. The van der Waals surface area contributed by atoms with Crippen molar-refractivity contribution in [2.45, 2.75) is 19.8 Å². The monoisotopic (exact) mass is 297 g/mol. The lowest BCUT2D eigenvalue weighted by Crippen LogP contribution is -2.18. The van der Waals surface area contributed by atoms with Crippen LogP contribution >= 0.6 is 0 Å². The van der Waals surface area contributed by atoms with Gasteiger partial charge in [-0.1, -0.05) is 37.3 Å². The van der Waals surface area contributed by atoms with Gasteiger partial charge in [-0.2, -0.15) is 4.98 Å². The Morgan fingerprint density at radius 1 is 1.27 bits per heavy atom. The largest absolute Gasteiger partial charge is 0.368 e. The van der Waals surface area contributed by atoms with Crippen molar-refractivity contribution in [3.63, 3.8) is 0 Å². The van der Waals surface area contributed by atoms with Crippen LogP contribution in [-0.4, -0.2) is 25.7 Å². The van der Waals surface area contributed by atoms with Crippen molar-refractivity contribution in [2.75, 3.05) is 5.73 Å². The molecule has 0 unspecified atom stereocenters. The van der Waals surface area contributed by atoms with E-state index in [0.29, 0.717) is 23.3 Å². The second kappa shape index (κ2) is 5.80. The average molecular weight is 297 g/mol. The molecule has 22 heavy (non-hydrogen) atoms. The highest BCUT2D eigenvalue weighted by atomic mass is 16.7. The molecule has 0 saturated heterocycles. The fourth-order valence-corrected chi connectivity index (χ4v) is 2.11. The zero-order chi connectivity index (χ0) is 15.5. The Morgan fingerprint density at radius 2 is 2.05 bits per heavy atom. The molecule has 2 aromatic heterocycles. The van der Waals surface area contributed by atoms with Gasteiger partial charge in [-0.05, 0) is 5.56 Å². The Labute approximate surface area is 126 Å². The number of carbonyl (C=O) groups excluding carboxylic acids is 1.